The van der Waals surface area contributed by atoms with Crippen molar-refractivity contribution in [3.63, 3.8) is 0 Å². The fourth-order valence-corrected chi connectivity index (χ4v) is 18.0. The molecule has 764 valence electrons. The van der Waals surface area contributed by atoms with Gasteiger partial charge in [0, 0.05) is 59.7 Å². The molecular formula is C95H131N41O4S4. The molecular weight excluding hydrogens is 1910 g/mol. The van der Waals surface area contributed by atoms with Gasteiger partial charge in [-0.3, -0.25) is 19.2 Å². The van der Waals surface area contributed by atoms with Gasteiger partial charge in [-0.1, -0.05) is 88.3 Å². The number of imidazole rings is 3. The van der Waals surface area contributed by atoms with Crippen LogP contribution < -0.4 is 56.6 Å². The third kappa shape index (κ3) is 25.3. The number of hydrogen-bond donors (Lipinski definition) is 10. The number of nitrogens with one attached hydrogen (secondary N) is 4. The number of aromatic nitrogens is 35. The monoisotopic (exact) mass is 2040 g/mol. The lowest BCUT2D eigenvalue weighted by molar-refractivity contribution is 0.356. The van der Waals surface area contributed by atoms with E-state index in [9.17, 15) is 19.2 Å². The Hall–Kier alpha value is -14.8. The van der Waals surface area contributed by atoms with Crippen molar-refractivity contribution in [3.05, 3.63) is 164 Å². The number of nitrogens with two attached hydrogens (primary N) is 6. The minimum atomic E-state index is -0.196. The number of aryl methyl sites for hydroxylation is 4. The largest absolute Gasteiger partial charge is 0.383 e. The lowest BCUT2D eigenvalue weighted by atomic mass is 9.93. The molecule has 0 spiro atoms. The molecule has 45 nitrogen and oxygen atoms in total. The van der Waals surface area contributed by atoms with Gasteiger partial charge in [-0.25, -0.2) is 94.1 Å². The summed E-state index contributed by atoms with van der Waals surface area (Å²) in [6.07, 6.45) is 16.1. The van der Waals surface area contributed by atoms with Crippen molar-refractivity contribution < 1.29 is 0 Å². The predicted molar refractivity (Wildman–Crippen MR) is 576 cm³/mol. The highest BCUT2D eigenvalue weighted by atomic mass is 32.1. The first-order valence-electron chi connectivity index (χ1n) is 45.8. The fraction of sp³-hybridized carbons (Fsp3) is 0.463. The molecule has 0 fully saturated rings. The Balaban J connectivity index is 0.000000153. The molecule has 0 aliphatic carbocycles. The highest BCUT2D eigenvalue weighted by Crippen LogP contribution is 2.39. The number of rotatable bonds is 0. The Bertz CT molecular complexity index is 7450. The first-order chi connectivity index (χ1) is 66.6. The van der Waals surface area contributed by atoms with Crippen LogP contribution in [0.3, 0.4) is 0 Å². The van der Waals surface area contributed by atoms with Gasteiger partial charge in [-0.05, 0) is 197 Å². The van der Waals surface area contributed by atoms with Crippen LogP contribution in [0, 0.1) is 27.7 Å². The Labute approximate surface area is 846 Å². The molecule has 16 N–H and O–H groups in total. The number of aromatic amines is 4. The molecule has 0 radical (unpaired) electrons. The van der Waals surface area contributed by atoms with E-state index in [4.69, 9.17) is 34.4 Å². The van der Waals surface area contributed by atoms with Crippen molar-refractivity contribution in [2.75, 3.05) is 34.4 Å². The second kappa shape index (κ2) is 41.7. The van der Waals surface area contributed by atoms with Gasteiger partial charge in [0.25, 0.3) is 22.2 Å². The summed E-state index contributed by atoms with van der Waals surface area (Å²) in [5.74, 6) is 5.30. The second-order valence-electron chi connectivity index (χ2n) is 43.9. The van der Waals surface area contributed by atoms with E-state index in [0.717, 1.165) is 64.8 Å². The molecule has 0 unspecified atom stereocenters. The van der Waals surface area contributed by atoms with E-state index in [1.807, 2.05) is 127 Å². The molecule has 0 atom stereocenters. The lowest BCUT2D eigenvalue weighted by Crippen LogP contribution is -2.23. The van der Waals surface area contributed by atoms with E-state index in [-0.39, 0.29) is 77.1 Å². The van der Waals surface area contributed by atoms with Crippen LogP contribution in [0.25, 0.3) is 111 Å². The SMILES string of the molecule is CC(C)(C)c1scc2c(N)ncnc12.CC(C)(C)c1snc2c(N)ncnc12.CC(C)(C)n1ccc2c(N)ncnc21.CC(C)(C)n1cnc2c(=O)[nH]cnc21.CC(C)(C)n1cnc2c(N)ncnc21.CC(C)(C)n1ncc2c(N)nnnc21.Cc1nc(N)c2nnn(C(C)(C)C)c2n1.Cc1nc2c(C(C)(C)C)scc2c(=O)[nH]1.Cc1nc2c(C(C)(C)C)snc2c(=O)[nH]1.Cc1nc2c(ncn2C(C)(C)C)c(=O)[nH]1. The van der Waals surface area contributed by atoms with E-state index < -0.39 is 0 Å². The van der Waals surface area contributed by atoms with Crippen LogP contribution in [0.2, 0.25) is 0 Å². The number of hydrogen-bond acceptors (Lipinski definition) is 39. The molecule has 20 aromatic heterocycles. The zero-order chi connectivity index (χ0) is 107. The first-order valence-corrected chi connectivity index (χ1v) is 49.1. The zero-order valence-corrected chi connectivity index (χ0v) is 91.4. The molecule has 0 saturated carbocycles. The number of thiophene rings is 2. The van der Waals surface area contributed by atoms with Crippen LogP contribution in [-0.2, 0) is 54.9 Å². The van der Waals surface area contributed by atoms with Gasteiger partial charge in [0.15, 0.2) is 73.6 Å². The van der Waals surface area contributed by atoms with Gasteiger partial charge < -0.3 is 72.6 Å². The minimum absolute atomic E-state index is 0.0164. The van der Waals surface area contributed by atoms with Crippen LogP contribution >= 0.6 is 45.7 Å². The van der Waals surface area contributed by atoms with Crippen LogP contribution in [0.15, 0.2) is 99.0 Å². The van der Waals surface area contributed by atoms with Gasteiger partial charge >= 0.3 is 0 Å². The smallest absolute Gasteiger partial charge is 0.279 e. The average Bonchev–Trinajstić information content (AvgIpc) is 1.62. The number of anilines is 6. The van der Waals surface area contributed by atoms with E-state index in [2.05, 4.69) is 273 Å². The van der Waals surface area contributed by atoms with Crippen molar-refractivity contribution >= 4 is 191 Å². The van der Waals surface area contributed by atoms with Crippen LogP contribution in [0.5, 0.6) is 0 Å². The molecule has 49 heteroatoms. The maximum absolute atomic E-state index is 11.7. The average molecular weight is 2040 g/mol. The molecule has 20 aromatic rings. The molecule has 0 aliphatic heterocycles. The van der Waals surface area contributed by atoms with Crippen molar-refractivity contribution in [3.8, 4) is 0 Å². The Kier molecular flexibility index (Phi) is 31.7. The van der Waals surface area contributed by atoms with E-state index >= 15 is 0 Å². The number of nitrogen functional groups attached to an aromatic ring is 6. The van der Waals surface area contributed by atoms with Crippen LogP contribution in [-0.4, -0.2) is 172 Å². The van der Waals surface area contributed by atoms with Crippen molar-refractivity contribution in [2.24, 2.45) is 0 Å². The molecule has 144 heavy (non-hydrogen) atoms. The van der Waals surface area contributed by atoms with Crippen molar-refractivity contribution in [2.45, 2.75) is 290 Å². The lowest BCUT2D eigenvalue weighted by Gasteiger charge is -2.21. The van der Waals surface area contributed by atoms with Crippen molar-refractivity contribution in [1.82, 2.24) is 172 Å². The molecule has 20 heterocycles. The number of H-pyrrole nitrogens is 4. The third-order valence-electron chi connectivity index (χ3n) is 21.1. The number of fused-ring (bicyclic) bond motifs is 10. The van der Waals surface area contributed by atoms with Crippen molar-refractivity contribution in [1.29, 1.82) is 0 Å². The second-order valence-corrected chi connectivity index (χ2v) is 47.2. The molecule has 20 rings (SSSR count). The molecule has 0 bridgehead atoms. The Morgan fingerprint density at radius 3 is 1.28 bits per heavy atom. The highest BCUT2D eigenvalue weighted by Gasteiger charge is 2.30. The van der Waals surface area contributed by atoms with E-state index in [1.54, 1.807) is 78.0 Å². The zero-order valence-electron chi connectivity index (χ0n) is 88.1. The Morgan fingerprint density at radius 2 is 0.743 bits per heavy atom. The van der Waals surface area contributed by atoms with E-state index in [0.29, 0.717) is 114 Å². The van der Waals surface area contributed by atoms with Gasteiger partial charge in [0.05, 0.1) is 84.9 Å². The van der Waals surface area contributed by atoms with Crippen LogP contribution in [0.1, 0.15) is 251 Å². The molecule has 0 amide bonds. The predicted octanol–water partition coefficient (Wildman–Crippen LogP) is 15.5. The van der Waals surface area contributed by atoms with E-state index in [1.165, 1.54) is 64.5 Å². The molecule has 0 aliphatic rings. The van der Waals surface area contributed by atoms with Crippen LogP contribution in [0.4, 0.5) is 34.9 Å². The number of nitrogens with zero attached hydrogens (tertiary/aromatic N) is 31. The summed E-state index contributed by atoms with van der Waals surface area (Å²) >= 11 is 6.12. The standard InChI is InChI=1S/C11H14N2OS.C10H14N4O.C10H14N4.C10H13N3OS.C10H13N3S.C9H14N6.C9H13N5.C9H12N4O.C9H12N4S.C8H12N6/c1-6-12-8-7(10(14)13-6)5-15-9(8)11(2,3)4;1-6-12-8-7(9(15)13-6)11-5-14(8)10(2,3)4;1-10(2,3)14-5-4-7-8(11)12-6-13-9(7)14;1-5-11-6-7(9(14)12-5)13-15-8(6)10(2,3)4;1-10(2,3)8-7-6(4-14-8)9(11)13-5-12-7;1-5-11-7(10)6-8(12-5)15(14-13-6)9(2,3)4;1-9(2,3)14-5-13-6-7(10)11-4-12-8(6)14;1-9(2,3)13-5-12-6-7(13)10-4-11-8(6)14;1-9(2,3)7-5-6(13-14-7)8(10)12-4-11-5;1-8(2,3)14-7-5(4-10-14)6(9)11-13-12-7/h5H,1-4H3,(H,12,13,14);5H,1-4H3,(H,12,13,15);4-6H,1-3H3,(H2,11,12,13);1-4H3,(H,11,12,14);4-5H,1-3H3,(H2,11,12,13);1-4H3,(H2,10,11,12);4-5H,1-3H3,(H2,10,11,12);4-5H,1-3H3,(H,10,11,14);4H,1-3H3,(H2,10,11,12);4H,1-3H3,(H2,9,11,12). The third-order valence-corrected chi connectivity index (χ3v) is 26.4. The van der Waals surface area contributed by atoms with Gasteiger partial charge in [-0.2, -0.15) is 13.8 Å². The summed E-state index contributed by atoms with van der Waals surface area (Å²) < 4.78 is 19.9. The summed E-state index contributed by atoms with van der Waals surface area (Å²) in [6, 6.07) is 1.95. The summed E-state index contributed by atoms with van der Waals surface area (Å²) in [4.78, 5) is 132. The first kappa shape index (κ1) is 110. The van der Waals surface area contributed by atoms with Gasteiger partial charge in [0.2, 0.25) is 0 Å². The van der Waals surface area contributed by atoms with Gasteiger partial charge in [0.1, 0.15) is 88.0 Å². The fourth-order valence-electron chi connectivity index (χ4n) is 14.1. The topological polar surface area (TPSA) is 639 Å². The maximum Gasteiger partial charge on any atom is 0.279 e. The summed E-state index contributed by atoms with van der Waals surface area (Å²) in [5, 5.41) is 30.7. The summed E-state index contributed by atoms with van der Waals surface area (Å²) in [7, 11) is 0. The quantitative estimate of drug-likeness (QED) is 0.0674. The highest BCUT2D eigenvalue weighted by molar-refractivity contribution is 7.12. The normalized spacial score (nSPS) is 12.2. The van der Waals surface area contributed by atoms with Gasteiger partial charge in [-0.15, -0.1) is 38.0 Å². The maximum atomic E-state index is 11.7. The molecule has 0 saturated heterocycles. The summed E-state index contributed by atoms with van der Waals surface area (Å²) in [5.41, 5.74) is 44.3. The summed E-state index contributed by atoms with van der Waals surface area (Å²) in [6.45, 7) is 69.9. The molecule has 0 aromatic carbocycles. The minimum Gasteiger partial charge on any atom is -0.383 e. The Morgan fingerprint density at radius 1 is 0.306 bits per heavy atom.